The van der Waals surface area contributed by atoms with E-state index in [1.165, 1.54) is 6.42 Å². The lowest BCUT2D eigenvalue weighted by Crippen LogP contribution is -2.39. The second kappa shape index (κ2) is 7.00. The first kappa shape index (κ1) is 14.5. The third-order valence-corrected chi connectivity index (χ3v) is 4.02. The van der Waals surface area contributed by atoms with Gasteiger partial charge in [0.05, 0.1) is 12.0 Å². The molecular weight excluding hydrogens is 214 g/mol. The number of aliphatic hydroxyl groups is 1. The molecule has 0 heterocycles. The van der Waals surface area contributed by atoms with Crippen LogP contribution in [-0.2, 0) is 4.79 Å². The van der Waals surface area contributed by atoms with Crippen LogP contribution in [0.5, 0.6) is 0 Å². The van der Waals surface area contributed by atoms with Gasteiger partial charge in [-0.2, -0.15) is 0 Å². The average Bonchev–Trinajstić information content (AvgIpc) is 2.30. The summed E-state index contributed by atoms with van der Waals surface area (Å²) in [6, 6.07) is 0. The number of rotatable bonds is 6. The normalized spacial score (nSPS) is 19.3. The third-order valence-electron chi connectivity index (χ3n) is 4.02. The molecule has 17 heavy (non-hydrogen) atoms. The Morgan fingerprint density at radius 1 is 1.24 bits per heavy atom. The predicted octanol–water partition coefficient (Wildman–Crippen LogP) is 2.62. The monoisotopic (exact) mass is 241 g/mol. The molecule has 1 amide bonds. The van der Waals surface area contributed by atoms with Crippen LogP contribution in [0.3, 0.4) is 0 Å². The molecule has 1 aliphatic carbocycles. The van der Waals surface area contributed by atoms with Gasteiger partial charge in [-0.3, -0.25) is 4.79 Å². The number of nitrogens with one attached hydrogen (secondary N) is 1. The zero-order valence-corrected chi connectivity index (χ0v) is 11.3. The molecule has 3 nitrogen and oxygen atoms in total. The Labute approximate surface area is 105 Å². The van der Waals surface area contributed by atoms with Crippen molar-refractivity contribution in [1.82, 2.24) is 5.32 Å². The Balaban J connectivity index is 2.28. The van der Waals surface area contributed by atoms with Crippen molar-refractivity contribution in [1.29, 1.82) is 0 Å². The van der Waals surface area contributed by atoms with Crippen LogP contribution in [0.2, 0.25) is 0 Å². The molecule has 100 valence electrons. The molecule has 1 fully saturated rings. The van der Waals surface area contributed by atoms with Crippen molar-refractivity contribution in [2.75, 3.05) is 6.54 Å². The van der Waals surface area contributed by atoms with E-state index >= 15 is 0 Å². The van der Waals surface area contributed by atoms with E-state index in [1.54, 1.807) is 0 Å². The lowest BCUT2D eigenvalue weighted by molar-refractivity contribution is -0.127. The summed E-state index contributed by atoms with van der Waals surface area (Å²) in [5.41, 5.74) is -0.726. The number of amides is 1. The Hall–Kier alpha value is -0.570. The van der Waals surface area contributed by atoms with Gasteiger partial charge in [0.15, 0.2) is 0 Å². The third kappa shape index (κ3) is 5.07. The maximum Gasteiger partial charge on any atom is 0.222 e. The van der Waals surface area contributed by atoms with Crippen LogP contribution in [0.1, 0.15) is 65.2 Å². The van der Waals surface area contributed by atoms with Gasteiger partial charge in [0.1, 0.15) is 0 Å². The van der Waals surface area contributed by atoms with Gasteiger partial charge in [0.2, 0.25) is 5.91 Å². The van der Waals surface area contributed by atoms with Gasteiger partial charge in [-0.05, 0) is 18.8 Å². The highest BCUT2D eigenvalue weighted by atomic mass is 16.3. The molecule has 0 aromatic heterocycles. The van der Waals surface area contributed by atoms with Crippen LogP contribution >= 0.6 is 0 Å². The molecule has 0 atom stereocenters. The summed E-state index contributed by atoms with van der Waals surface area (Å²) < 4.78 is 0. The molecule has 0 aromatic rings. The largest absolute Gasteiger partial charge is 0.389 e. The number of carbonyl (C=O) groups is 1. The second-order valence-corrected chi connectivity index (χ2v) is 5.45. The molecule has 1 aliphatic rings. The van der Waals surface area contributed by atoms with Gasteiger partial charge in [-0.1, -0.05) is 46.0 Å². The topological polar surface area (TPSA) is 49.3 Å². The van der Waals surface area contributed by atoms with Gasteiger partial charge in [0.25, 0.3) is 0 Å². The van der Waals surface area contributed by atoms with Gasteiger partial charge >= 0.3 is 0 Å². The number of hydrogen-bond donors (Lipinski definition) is 2. The van der Waals surface area contributed by atoms with Gasteiger partial charge in [-0.15, -0.1) is 0 Å². The smallest absolute Gasteiger partial charge is 0.222 e. The standard InChI is InChI=1S/C14H27NO2/c1-3-12(4-2)11-15-13(16)10-14(17)8-6-5-7-9-14/h12,17H,3-11H2,1-2H3,(H,15,16). The van der Waals surface area contributed by atoms with E-state index in [0.717, 1.165) is 45.1 Å². The van der Waals surface area contributed by atoms with Crippen molar-refractivity contribution in [2.24, 2.45) is 5.92 Å². The van der Waals surface area contributed by atoms with Crippen molar-refractivity contribution < 1.29 is 9.90 Å². The van der Waals surface area contributed by atoms with Gasteiger partial charge in [0, 0.05) is 6.54 Å². The molecule has 0 radical (unpaired) electrons. The van der Waals surface area contributed by atoms with Gasteiger partial charge in [-0.25, -0.2) is 0 Å². The Morgan fingerprint density at radius 2 is 1.82 bits per heavy atom. The fourth-order valence-corrected chi connectivity index (χ4v) is 2.58. The molecule has 0 aromatic carbocycles. The Morgan fingerprint density at radius 3 is 2.35 bits per heavy atom. The van der Waals surface area contributed by atoms with Crippen molar-refractivity contribution in [3.05, 3.63) is 0 Å². The first-order chi connectivity index (χ1) is 8.09. The highest BCUT2D eigenvalue weighted by Gasteiger charge is 2.31. The number of hydrogen-bond acceptors (Lipinski definition) is 2. The minimum Gasteiger partial charge on any atom is -0.389 e. The van der Waals surface area contributed by atoms with Crippen LogP contribution in [0.25, 0.3) is 0 Å². The number of carbonyl (C=O) groups excluding carboxylic acids is 1. The second-order valence-electron chi connectivity index (χ2n) is 5.45. The Kier molecular flexibility index (Phi) is 5.96. The van der Waals surface area contributed by atoms with Crippen LogP contribution < -0.4 is 5.32 Å². The molecule has 2 N–H and O–H groups in total. The minimum absolute atomic E-state index is 0.0151. The van der Waals surface area contributed by atoms with Crippen LogP contribution in [-0.4, -0.2) is 23.2 Å². The van der Waals surface area contributed by atoms with Crippen molar-refractivity contribution in [3.8, 4) is 0 Å². The summed E-state index contributed by atoms with van der Waals surface area (Å²) in [5, 5.41) is 13.2. The van der Waals surface area contributed by atoms with E-state index in [4.69, 9.17) is 0 Å². The molecule has 0 spiro atoms. The summed E-state index contributed by atoms with van der Waals surface area (Å²) in [7, 11) is 0. The van der Waals surface area contributed by atoms with E-state index in [1.807, 2.05) is 0 Å². The van der Waals surface area contributed by atoms with E-state index in [9.17, 15) is 9.90 Å². The van der Waals surface area contributed by atoms with E-state index in [2.05, 4.69) is 19.2 Å². The van der Waals surface area contributed by atoms with Crippen molar-refractivity contribution >= 4 is 5.91 Å². The van der Waals surface area contributed by atoms with E-state index in [-0.39, 0.29) is 12.3 Å². The lowest BCUT2D eigenvalue weighted by Gasteiger charge is -2.31. The lowest BCUT2D eigenvalue weighted by atomic mass is 9.82. The maximum atomic E-state index is 11.8. The quantitative estimate of drug-likeness (QED) is 0.751. The highest BCUT2D eigenvalue weighted by molar-refractivity contribution is 5.77. The van der Waals surface area contributed by atoms with Crippen molar-refractivity contribution in [3.63, 3.8) is 0 Å². The first-order valence-electron chi connectivity index (χ1n) is 7.08. The van der Waals surface area contributed by atoms with Crippen LogP contribution in [0.15, 0.2) is 0 Å². The van der Waals surface area contributed by atoms with Crippen molar-refractivity contribution in [2.45, 2.75) is 70.8 Å². The molecular formula is C14H27NO2. The molecule has 0 unspecified atom stereocenters. The summed E-state index contributed by atoms with van der Waals surface area (Å²) in [5.74, 6) is 0.584. The zero-order valence-electron chi connectivity index (χ0n) is 11.3. The van der Waals surface area contributed by atoms with E-state index in [0.29, 0.717) is 5.92 Å². The minimum atomic E-state index is -0.726. The summed E-state index contributed by atoms with van der Waals surface area (Å²) in [4.78, 5) is 11.8. The highest BCUT2D eigenvalue weighted by Crippen LogP contribution is 2.30. The summed E-state index contributed by atoms with van der Waals surface area (Å²) in [6.07, 6.45) is 7.34. The Bertz CT molecular complexity index is 230. The zero-order chi connectivity index (χ0) is 12.7. The fourth-order valence-electron chi connectivity index (χ4n) is 2.58. The summed E-state index contributed by atoms with van der Waals surface area (Å²) >= 11 is 0. The molecule has 1 rings (SSSR count). The predicted molar refractivity (Wildman–Crippen MR) is 69.7 cm³/mol. The van der Waals surface area contributed by atoms with Crippen LogP contribution in [0, 0.1) is 5.92 Å². The molecule has 0 aliphatic heterocycles. The first-order valence-corrected chi connectivity index (χ1v) is 7.08. The van der Waals surface area contributed by atoms with Crippen LogP contribution in [0.4, 0.5) is 0 Å². The SMILES string of the molecule is CCC(CC)CNC(=O)CC1(O)CCCCC1. The molecule has 0 saturated heterocycles. The van der Waals surface area contributed by atoms with E-state index < -0.39 is 5.60 Å². The maximum absolute atomic E-state index is 11.8. The molecule has 3 heteroatoms. The molecule has 1 saturated carbocycles. The fraction of sp³-hybridized carbons (Fsp3) is 0.929. The molecule has 0 bridgehead atoms. The summed E-state index contributed by atoms with van der Waals surface area (Å²) in [6.45, 7) is 5.05. The van der Waals surface area contributed by atoms with Gasteiger partial charge < -0.3 is 10.4 Å². The average molecular weight is 241 g/mol.